The summed E-state index contributed by atoms with van der Waals surface area (Å²) in [4.78, 5) is 4.70. The number of anilines is 3. The highest BCUT2D eigenvalue weighted by Gasteiger charge is 2.11. The average molecular weight is 269 g/mol. The van der Waals surface area contributed by atoms with Gasteiger partial charge in [0.15, 0.2) is 0 Å². The van der Waals surface area contributed by atoms with Crippen molar-refractivity contribution >= 4 is 17.1 Å². The molecule has 2 aromatic carbocycles. The van der Waals surface area contributed by atoms with Crippen LogP contribution in [-0.2, 0) is 0 Å². The van der Waals surface area contributed by atoms with Gasteiger partial charge in [-0.05, 0) is 49.5 Å². The van der Waals surface area contributed by atoms with Gasteiger partial charge in [-0.15, -0.1) is 0 Å². The quantitative estimate of drug-likeness (QED) is 0.641. The fraction of sp³-hybridized carbons (Fsp3) is 0.294. The third-order valence-electron chi connectivity index (χ3n) is 3.51. The zero-order chi connectivity index (χ0) is 14.4. The Morgan fingerprint density at radius 1 is 0.800 bits per heavy atom. The lowest BCUT2D eigenvalue weighted by Crippen LogP contribution is -2.35. The molecule has 0 spiro atoms. The number of benzene rings is 2. The van der Waals surface area contributed by atoms with Gasteiger partial charge in [0.25, 0.3) is 0 Å². The summed E-state index contributed by atoms with van der Waals surface area (Å²) in [6, 6.07) is 18.5. The number of para-hydroxylation sites is 1. The number of nitrogen functional groups attached to an aromatic ring is 1. The molecule has 0 radical (unpaired) electrons. The zero-order valence-corrected chi connectivity index (χ0v) is 12.3. The fourth-order valence-electron chi connectivity index (χ4n) is 2.20. The van der Waals surface area contributed by atoms with E-state index >= 15 is 0 Å². The highest BCUT2D eigenvalue weighted by molar-refractivity contribution is 5.64. The lowest BCUT2D eigenvalue weighted by Gasteiger charge is -2.31. The normalized spacial score (nSPS) is 10.8. The molecular formula is C17H23N3. The molecule has 3 nitrogen and oxygen atoms in total. The molecule has 0 unspecified atom stereocenters. The van der Waals surface area contributed by atoms with E-state index in [1.54, 1.807) is 0 Å². The Morgan fingerprint density at radius 2 is 1.35 bits per heavy atom. The van der Waals surface area contributed by atoms with Gasteiger partial charge in [0.2, 0.25) is 0 Å². The maximum atomic E-state index is 5.79. The molecule has 0 aromatic heterocycles. The fourth-order valence-corrected chi connectivity index (χ4v) is 2.20. The average Bonchev–Trinajstić information content (AvgIpc) is 2.51. The minimum atomic E-state index is 0.796. The van der Waals surface area contributed by atoms with Crippen molar-refractivity contribution in [2.75, 3.05) is 30.4 Å². The molecule has 0 heterocycles. The van der Waals surface area contributed by atoms with Crippen LogP contribution in [0, 0.1) is 0 Å². The Balaban J connectivity index is 2.31. The number of rotatable bonds is 6. The zero-order valence-electron chi connectivity index (χ0n) is 12.3. The highest BCUT2D eigenvalue weighted by Crippen LogP contribution is 2.26. The van der Waals surface area contributed by atoms with Gasteiger partial charge in [-0.1, -0.05) is 32.0 Å². The number of hydrogen-bond acceptors (Lipinski definition) is 3. The summed E-state index contributed by atoms with van der Waals surface area (Å²) < 4.78 is 0. The van der Waals surface area contributed by atoms with Gasteiger partial charge >= 0.3 is 0 Å². The van der Waals surface area contributed by atoms with Gasteiger partial charge in [-0.2, -0.15) is 0 Å². The summed E-state index contributed by atoms with van der Waals surface area (Å²) in [5, 5.41) is 0. The Kier molecular flexibility index (Phi) is 5.02. The van der Waals surface area contributed by atoms with E-state index in [0.717, 1.165) is 31.1 Å². The van der Waals surface area contributed by atoms with Crippen LogP contribution in [0.25, 0.3) is 0 Å². The summed E-state index contributed by atoms with van der Waals surface area (Å²) in [5.41, 5.74) is 8.95. The van der Waals surface area contributed by atoms with Crippen molar-refractivity contribution in [1.29, 1.82) is 0 Å². The van der Waals surface area contributed by atoms with Crippen LogP contribution in [0.5, 0.6) is 0 Å². The van der Waals surface area contributed by atoms with E-state index in [4.69, 9.17) is 5.73 Å². The molecule has 106 valence electrons. The SMILES string of the molecule is CCN(CC)CN(c1ccccc1)c1ccc(N)cc1. The third kappa shape index (κ3) is 3.52. The maximum Gasteiger partial charge on any atom is 0.0756 e. The molecule has 0 aliphatic heterocycles. The summed E-state index contributed by atoms with van der Waals surface area (Å²) >= 11 is 0. The predicted octanol–water partition coefficient (Wildman–Crippen LogP) is 3.71. The molecule has 0 aliphatic rings. The van der Waals surface area contributed by atoms with Crippen LogP contribution in [0.2, 0.25) is 0 Å². The van der Waals surface area contributed by atoms with Crippen LogP contribution in [0.4, 0.5) is 17.1 Å². The van der Waals surface area contributed by atoms with E-state index in [2.05, 4.69) is 60.0 Å². The van der Waals surface area contributed by atoms with Gasteiger partial charge in [-0.25, -0.2) is 0 Å². The second kappa shape index (κ2) is 6.96. The van der Waals surface area contributed by atoms with Crippen LogP contribution in [0.3, 0.4) is 0 Å². The molecule has 0 atom stereocenters. The second-order valence-electron chi connectivity index (χ2n) is 4.80. The molecule has 0 saturated carbocycles. The van der Waals surface area contributed by atoms with Crippen LogP contribution >= 0.6 is 0 Å². The molecule has 2 N–H and O–H groups in total. The molecule has 0 amide bonds. The monoisotopic (exact) mass is 269 g/mol. The third-order valence-corrected chi connectivity index (χ3v) is 3.51. The molecule has 20 heavy (non-hydrogen) atoms. The van der Waals surface area contributed by atoms with E-state index in [1.807, 2.05) is 18.2 Å². The second-order valence-corrected chi connectivity index (χ2v) is 4.80. The van der Waals surface area contributed by atoms with Crippen molar-refractivity contribution < 1.29 is 0 Å². The first kappa shape index (κ1) is 14.4. The Morgan fingerprint density at radius 3 is 1.90 bits per heavy atom. The van der Waals surface area contributed by atoms with Crippen molar-refractivity contribution in [3.63, 3.8) is 0 Å². The van der Waals surface area contributed by atoms with Gasteiger partial charge < -0.3 is 10.6 Å². The van der Waals surface area contributed by atoms with Gasteiger partial charge in [0.1, 0.15) is 0 Å². The van der Waals surface area contributed by atoms with Crippen molar-refractivity contribution in [3.05, 3.63) is 54.6 Å². The number of nitrogens with two attached hydrogens (primary N) is 1. The van der Waals surface area contributed by atoms with E-state index < -0.39 is 0 Å². The molecule has 2 aromatic rings. The molecule has 0 bridgehead atoms. The largest absolute Gasteiger partial charge is 0.399 e. The first-order chi connectivity index (χ1) is 9.74. The summed E-state index contributed by atoms with van der Waals surface area (Å²) in [5.74, 6) is 0. The first-order valence-corrected chi connectivity index (χ1v) is 7.15. The molecule has 0 aliphatic carbocycles. The highest BCUT2D eigenvalue weighted by atomic mass is 15.3. The molecule has 0 fully saturated rings. The van der Waals surface area contributed by atoms with Crippen molar-refractivity contribution in [2.45, 2.75) is 13.8 Å². The Hall–Kier alpha value is -2.00. The predicted molar refractivity (Wildman–Crippen MR) is 87.2 cm³/mol. The minimum absolute atomic E-state index is 0.796. The molecular weight excluding hydrogens is 246 g/mol. The summed E-state index contributed by atoms with van der Waals surface area (Å²) in [7, 11) is 0. The Bertz CT molecular complexity index is 504. The van der Waals surface area contributed by atoms with Crippen LogP contribution in [0.15, 0.2) is 54.6 Å². The minimum Gasteiger partial charge on any atom is -0.399 e. The lowest BCUT2D eigenvalue weighted by molar-refractivity contribution is 0.311. The maximum absolute atomic E-state index is 5.79. The molecule has 0 saturated heterocycles. The topological polar surface area (TPSA) is 32.5 Å². The van der Waals surface area contributed by atoms with Crippen LogP contribution in [-0.4, -0.2) is 24.7 Å². The standard InChI is InChI=1S/C17H23N3/c1-3-19(4-2)14-20(16-8-6-5-7-9-16)17-12-10-15(18)11-13-17/h5-13H,3-4,14,18H2,1-2H3. The first-order valence-electron chi connectivity index (χ1n) is 7.15. The van der Waals surface area contributed by atoms with Gasteiger partial charge in [0, 0.05) is 17.1 Å². The van der Waals surface area contributed by atoms with Crippen molar-refractivity contribution in [2.24, 2.45) is 0 Å². The smallest absolute Gasteiger partial charge is 0.0756 e. The van der Waals surface area contributed by atoms with E-state index in [9.17, 15) is 0 Å². The van der Waals surface area contributed by atoms with E-state index in [1.165, 1.54) is 5.69 Å². The van der Waals surface area contributed by atoms with Gasteiger partial charge in [0.05, 0.1) is 6.67 Å². The van der Waals surface area contributed by atoms with E-state index in [-0.39, 0.29) is 0 Å². The number of nitrogens with zero attached hydrogens (tertiary/aromatic N) is 2. The van der Waals surface area contributed by atoms with Crippen molar-refractivity contribution in [1.82, 2.24) is 4.90 Å². The Labute approximate surface area is 121 Å². The number of hydrogen-bond donors (Lipinski definition) is 1. The summed E-state index contributed by atoms with van der Waals surface area (Å²) in [6.45, 7) is 7.33. The van der Waals surface area contributed by atoms with E-state index in [0.29, 0.717) is 0 Å². The van der Waals surface area contributed by atoms with Crippen LogP contribution in [0.1, 0.15) is 13.8 Å². The summed E-state index contributed by atoms with van der Waals surface area (Å²) in [6.07, 6.45) is 0. The van der Waals surface area contributed by atoms with Crippen molar-refractivity contribution in [3.8, 4) is 0 Å². The molecule has 3 heteroatoms. The van der Waals surface area contributed by atoms with Gasteiger partial charge in [-0.3, -0.25) is 4.90 Å². The van der Waals surface area contributed by atoms with Crippen LogP contribution < -0.4 is 10.6 Å². The lowest BCUT2D eigenvalue weighted by atomic mass is 10.2. The molecule has 2 rings (SSSR count).